The maximum Gasteiger partial charge on any atom is 0.251 e. The van der Waals surface area contributed by atoms with Crippen molar-refractivity contribution in [2.24, 2.45) is 0 Å². The number of aromatic nitrogens is 3. The molecular formula is C21H17ClN4O. The normalized spacial score (nSPS) is 10.9. The van der Waals surface area contributed by atoms with Gasteiger partial charge >= 0.3 is 0 Å². The number of hydrogen-bond donors (Lipinski definition) is 1. The molecule has 0 unspecified atom stereocenters. The quantitative estimate of drug-likeness (QED) is 0.577. The van der Waals surface area contributed by atoms with Crippen LogP contribution in [-0.4, -0.2) is 20.4 Å². The summed E-state index contributed by atoms with van der Waals surface area (Å²) >= 11 is 6.43. The van der Waals surface area contributed by atoms with E-state index in [9.17, 15) is 4.79 Å². The summed E-state index contributed by atoms with van der Waals surface area (Å²) in [5, 5.41) is 3.47. The lowest BCUT2D eigenvalue weighted by molar-refractivity contribution is 0.0951. The van der Waals surface area contributed by atoms with Gasteiger partial charge in [-0.3, -0.25) is 9.36 Å². The molecule has 0 aliphatic carbocycles. The highest BCUT2D eigenvalue weighted by molar-refractivity contribution is 6.32. The summed E-state index contributed by atoms with van der Waals surface area (Å²) in [7, 11) is 0. The summed E-state index contributed by atoms with van der Waals surface area (Å²) in [5.74, 6) is 0.597. The lowest BCUT2D eigenvalue weighted by Crippen LogP contribution is -2.23. The van der Waals surface area contributed by atoms with Gasteiger partial charge in [-0.2, -0.15) is 0 Å². The minimum Gasteiger partial charge on any atom is -0.348 e. The van der Waals surface area contributed by atoms with E-state index in [2.05, 4.69) is 15.3 Å². The van der Waals surface area contributed by atoms with Crippen LogP contribution in [0.2, 0.25) is 5.02 Å². The molecule has 0 atom stereocenters. The maximum atomic E-state index is 12.6. The van der Waals surface area contributed by atoms with Gasteiger partial charge in [-0.25, -0.2) is 9.97 Å². The van der Waals surface area contributed by atoms with Crippen molar-refractivity contribution in [1.82, 2.24) is 19.9 Å². The minimum absolute atomic E-state index is 0.160. The molecule has 1 N–H and O–H groups in total. The molecule has 27 heavy (non-hydrogen) atoms. The van der Waals surface area contributed by atoms with Crippen molar-refractivity contribution in [3.8, 4) is 5.69 Å². The SMILES string of the molecule is Cc1nc2cccnc2n1-c1cc(C(=O)NCc2ccccc2)ccc1Cl. The molecule has 0 aliphatic heterocycles. The Morgan fingerprint density at radius 1 is 1.11 bits per heavy atom. The highest BCUT2D eigenvalue weighted by atomic mass is 35.5. The molecule has 2 aromatic carbocycles. The van der Waals surface area contributed by atoms with E-state index in [1.54, 1.807) is 24.4 Å². The largest absolute Gasteiger partial charge is 0.348 e. The number of carbonyl (C=O) groups excluding carboxylic acids is 1. The first-order chi connectivity index (χ1) is 13.1. The Labute approximate surface area is 161 Å². The molecule has 0 spiro atoms. The molecule has 0 bridgehead atoms. The second-order valence-corrected chi connectivity index (χ2v) is 6.58. The van der Waals surface area contributed by atoms with Crippen LogP contribution in [0.4, 0.5) is 0 Å². The van der Waals surface area contributed by atoms with Gasteiger partial charge in [-0.15, -0.1) is 0 Å². The first-order valence-electron chi connectivity index (χ1n) is 8.55. The molecule has 6 heteroatoms. The van der Waals surface area contributed by atoms with E-state index in [0.717, 1.165) is 16.9 Å². The van der Waals surface area contributed by atoms with Crippen molar-refractivity contribution >= 4 is 28.7 Å². The van der Waals surface area contributed by atoms with Gasteiger partial charge < -0.3 is 5.32 Å². The van der Waals surface area contributed by atoms with E-state index < -0.39 is 0 Å². The van der Waals surface area contributed by atoms with Gasteiger partial charge in [-0.1, -0.05) is 41.9 Å². The van der Waals surface area contributed by atoms with Crippen LogP contribution < -0.4 is 5.32 Å². The molecule has 0 fully saturated rings. The van der Waals surface area contributed by atoms with Gasteiger partial charge in [0, 0.05) is 18.3 Å². The van der Waals surface area contributed by atoms with Gasteiger partial charge in [0.15, 0.2) is 5.65 Å². The zero-order chi connectivity index (χ0) is 18.8. The topological polar surface area (TPSA) is 59.8 Å². The number of pyridine rings is 1. The second kappa shape index (κ2) is 7.21. The van der Waals surface area contributed by atoms with E-state index in [1.165, 1.54) is 0 Å². The number of nitrogens with one attached hydrogen (secondary N) is 1. The number of imidazole rings is 1. The van der Waals surface area contributed by atoms with Gasteiger partial charge in [0.05, 0.1) is 10.7 Å². The lowest BCUT2D eigenvalue weighted by atomic mass is 10.1. The standard InChI is InChI=1S/C21H17ClN4O/c1-14-25-18-8-5-11-23-20(18)26(14)19-12-16(9-10-17(19)22)21(27)24-13-15-6-3-2-4-7-15/h2-12H,13H2,1H3,(H,24,27). The number of aryl methyl sites for hydroxylation is 1. The molecule has 0 saturated heterocycles. The van der Waals surface area contributed by atoms with Gasteiger partial charge in [0.1, 0.15) is 11.3 Å². The second-order valence-electron chi connectivity index (χ2n) is 6.18. The van der Waals surface area contributed by atoms with E-state index in [-0.39, 0.29) is 5.91 Å². The molecule has 4 rings (SSSR count). The van der Waals surface area contributed by atoms with E-state index in [1.807, 2.05) is 54.0 Å². The summed E-state index contributed by atoms with van der Waals surface area (Å²) in [4.78, 5) is 21.5. The van der Waals surface area contributed by atoms with Crippen LogP contribution in [0.3, 0.4) is 0 Å². The van der Waals surface area contributed by atoms with E-state index in [0.29, 0.717) is 28.5 Å². The molecule has 0 saturated carbocycles. The average molecular weight is 377 g/mol. The highest BCUT2D eigenvalue weighted by Gasteiger charge is 2.15. The third-order valence-electron chi connectivity index (χ3n) is 4.33. The number of amides is 1. The first-order valence-corrected chi connectivity index (χ1v) is 8.93. The molecule has 0 aliphatic rings. The molecule has 0 radical (unpaired) electrons. The Morgan fingerprint density at radius 3 is 2.74 bits per heavy atom. The number of halogens is 1. The molecule has 2 heterocycles. The number of nitrogens with zero attached hydrogens (tertiary/aromatic N) is 3. The minimum atomic E-state index is -0.160. The van der Waals surface area contributed by atoms with E-state index in [4.69, 9.17) is 11.6 Å². The number of fused-ring (bicyclic) bond motifs is 1. The molecule has 2 aromatic heterocycles. The van der Waals surface area contributed by atoms with Crippen LogP contribution in [0.15, 0.2) is 66.9 Å². The number of benzene rings is 2. The maximum absolute atomic E-state index is 12.6. The Hall–Kier alpha value is -3.18. The third-order valence-corrected chi connectivity index (χ3v) is 4.65. The van der Waals surface area contributed by atoms with Crippen molar-refractivity contribution < 1.29 is 4.79 Å². The lowest BCUT2D eigenvalue weighted by Gasteiger charge is -2.11. The molecule has 134 valence electrons. The predicted molar refractivity (Wildman–Crippen MR) is 106 cm³/mol. The van der Waals surface area contributed by atoms with Crippen LogP contribution >= 0.6 is 11.6 Å². The number of carbonyl (C=O) groups is 1. The fourth-order valence-corrected chi connectivity index (χ4v) is 3.22. The van der Waals surface area contributed by atoms with Gasteiger partial charge in [0.2, 0.25) is 0 Å². The molecule has 4 aromatic rings. The zero-order valence-corrected chi connectivity index (χ0v) is 15.4. The number of rotatable bonds is 4. The van der Waals surface area contributed by atoms with Crippen molar-refractivity contribution in [1.29, 1.82) is 0 Å². The van der Waals surface area contributed by atoms with Crippen molar-refractivity contribution in [3.05, 3.63) is 88.8 Å². The summed E-state index contributed by atoms with van der Waals surface area (Å²) in [6, 6.07) is 18.7. The monoisotopic (exact) mass is 376 g/mol. The molecule has 1 amide bonds. The Kier molecular flexibility index (Phi) is 4.60. The van der Waals surface area contributed by atoms with Crippen LogP contribution in [0.5, 0.6) is 0 Å². The average Bonchev–Trinajstić information content (AvgIpc) is 3.03. The summed E-state index contributed by atoms with van der Waals surface area (Å²) in [5.41, 5.74) is 3.75. The van der Waals surface area contributed by atoms with Crippen LogP contribution in [-0.2, 0) is 6.54 Å². The Morgan fingerprint density at radius 2 is 1.93 bits per heavy atom. The van der Waals surface area contributed by atoms with Crippen LogP contribution in [0.25, 0.3) is 16.9 Å². The van der Waals surface area contributed by atoms with Crippen LogP contribution in [0, 0.1) is 6.92 Å². The van der Waals surface area contributed by atoms with Gasteiger partial charge in [-0.05, 0) is 42.8 Å². The summed E-state index contributed by atoms with van der Waals surface area (Å²) in [6.45, 7) is 2.35. The van der Waals surface area contributed by atoms with E-state index >= 15 is 0 Å². The fourth-order valence-electron chi connectivity index (χ4n) is 3.02. The smallest absolute Gasteiger partial charge is 0.251 e. The summed E-state index contributed by atoms with van der Waals surface area (Å²) < 4.78 is 1.87. The first kappa shape index (κ1) is 17.2. The van der Waals surface area contributed by atoms with Gasteiger partial charge in [0.25, 0.3) is 5.91 Å². The number of hydrogen-bond acceptors (Lipinski definition) is 3. The highest BCUT2D eigenvalue weighted by Crippen LogP contribution is 2.26. The van der Waals surface area contributed by atoms with Crippen molar-refractivity contribution in [2.75, 3.05) is 0 Å². The fraction of sp³-hybridized carbons (Fsp3) is 0.0952. The predicted octanol–water partition coefficient (Wildman–Crippen LogP) is 4.31. The molecular weight excluding hydrogens is 360 g/mol. The third kappa shape index (κ3) is 3.41. The molecule has 5 nitrogen and oxygen atoms in total. The zero-order valence-electron chi connectivity index (χ0n) is 14.7. The Bertz CT molecular complexity index is 1120. The Balaban J connectivity index is 1.67. The van der Waals surface area contributed by atoms with Crippen molar-refractivity contribution in [3.63, 3.8) is 0 Å². The van der Waals surface area contributed by atoms with Crippen molar-refractivity contribution in [2.45, 2.75) is 13.5 Å². The van der Waals surface area contributed by atoms with Crippen LogP contribution in [0.1, 0.15) is 21.7 Å². The summed E-state index contributed by atoms with van der Waals surface area (Å²) in [6.07, 6.45) is 1.71.